The van der Waals surface area contributed by atoms with E-state index >= 15 is 0 Å². The van der Waals surface area contributed by atoms with Gasteiger partial charge in [-0.3, -0.25) is 4.79 Å². The molecule has 0 spiro atoms. The third-order valence-electron chi connectivity index (χ3n) is 8.80. The Balaban J connectivity index is 1.72. The fourth-order valence-corrected chi connectivity index (χ4v) is 6.90. The lowest BCUT2D eigenvalue weighted by atomic mass is 9.44. The first-order valence-electron chi connectivity index (χ1n) is 11.3. The van der Waals surface area contributed by atoms with Crippen LogP contribution in [-0.2, 0) is 11.2 Å². The maximum Gasteiger partial charge on any atom is 0.291 e. The molecule has 3 aliphatic rings. The molecule has 1 N–H and O–H groups in total. The molecular formula is C25H36O5. The maximum absolute atomic E-state index is 13.1. The number of aliphatic hydroxyl groups excluding tert-OH is 1. The SMILES string of the molecule is C=C1CCC2C3(C)CCC(O)OC3CCC2(C)C1Cc1c(OC)oc(C)c(C)c1=O. The molecule has 2 aliphatic carbocycles. The van der Waals surface area contributed by atoms with E-state index in [0.717, 1.165) is 32.1 Å². The zero-order valence-electron chi connectivity index (χ0n) is 19.0. The molecule has 5 heteroatoms. The Kier molecular flexibility index (Phi) is 5.43. The summed E-state index contributed by atoms with van der Waals surface area (Å²) in [5, 5.41) is 10.1. The Labute approximate surface area is 179 Å². The molecule has 0 radical (unpaired) electrons. The molecule has 0 amide bonds. The monoisotopic (exact) mass is 416 g/mol. The maximum atomic E-state index is 13.1. The van der Waals surface area contributed by atoms with Crippen LogP contribution in [-0.4, -0.2) is 24.6 Å². The lowest BCUT2D eigenvalue weighted by Crippen LogP contribution is -2.59. The summed E-state index contributed by atoms with van der Waals surface area (Å²) >= 11 is 0. The topological polar surface area (TPSA) is 68.9 Å². The summed E-state index contributed by atoms with van der Waals surface area (Å²) in [6.45, 7) is 12.8. The quantitative estimate of drug-likeness (QED) is 0.724. The molecule has 4 rings (SSSR count). The second-order valence-corrected chi connectivity index (χ2v) is 10.3. The van der Waals surface area contributed by atoms with Gasteiger partial charge in [0.15, 0.2) is 11.7 Å². The van der Waals surface area contributed by atoms with Crippen LogP contribution in [0, 0.1) is 36.5 Å². The van der Waals surface area contributed by atoms with Crippen molar-refractivity contribution in [3.63, 3.8) is 0 Å². The van der Waals surface area contributed by atoms with Crippen molar-refractivity contribution < 1.29 is 19.0 Å². The Bertz CT molecular complexity index is 902. The van der Waals surface area contributed by atoms with E-state index in [9.17, 15) is 9.90 Å². The van der Waals surface area contributed by atoms with Crippen LogP contribution in [0.25, 0.3) is 0 Å². The van der Waals surface area contributed by atoms with Crippen LogP contribution in [0.3, 0.4) is 0 Å². The summed E-state index contributed by atoms with van der Waals surface area (Å²) < 4.78 is 17.3. The van der Waals surface area contributed by atoms with Gasteiger partial charge in [-0.15, -0.1) is 0 Å². The van der Waals surface area contributed by atoms with Crippen molar-refractivity contribution in [2.75, 3.05) is 7.11 Å². The molecule has 6 atom stereocenters. The van der Waals surface area contributed by atoms with Crippen LogP contribution >= 0.6 is 0 Å². The minimum Gasteiger partial charge on any atom is -0.468 e. The second-order valence-electron chi connectivity index (χ2n) is 10.3. The Morgan fingerprint density at radius 3 is 2.57 bits per heavy atom. The molecule has 1 aromatic heterocycles. The van der Waals surface area contributed by atoms with Gasteiger partial charge in [0.2, 0.25) is 0 Å². The van der Waals surface area contributed by atoms with Crippen LogP contribution in [0.5, 0.6) is 5.95 Å². The van der Waals surface area contributed by atoms with Crippen molar-refractivity contribution >= 4 is 0 Å². The zero-order valence-corrected chi connectivity index (χ0v) is 19.0. The molecule has 2 saturated carbocycles. The van der Waals surface area contributed by atoms with Crippen molar-refractivity contribution in [2.45, 2.75) is 85.0 Å². The lowest BCUT2D eigenvalue weighted by molar-refractivity contribution is -0.254. The number of allylic oxidation sites excluding steroid dienone is 1. The zero-order chi connectivity index (χ0) is 21.8. The molecule has 30 heavy (non-hydrogen) atoms. The van der Waals surface area contributed by atoms with Crippen molar-refractivity contribution in [3.05, 3.63) is 39.3 Å². The van der Waals surface area contributed by atoms with E-state index in [1.807, 2.05) is 6.92 Å². The van der Waals surface area contributed by atoms with Gasteiger partial charge in [-0.2, -0.15) is 0 Å². The minimum atomic E-state index is -0.633. The summed E-state index contributed by atoms with van der Waals surface area (Å²) in [6.07, 6.45) is 5.75. The molecular weight excluding hydrogens is 380 g/mol. The van der Waals surface area contributed by atoms with E-state index in [1.165, 1.54) is 5.57 Å². The summed E-state index contributed by atoms with van der Waals surface area (Å²) in [5.74, 6) is 1.61. The molecule has 0 aromatic carbocycles. The highest BCUT2D eigenvalue weighted by Gasteiger charge is 2.59. The fraction of sp³-hybridized carbons (Fsp3) is 0.720. The third-order valence-corrected chi connectivity index (χ3v) is 8.80. The first-order chi connectivity index (χ1) is 14.1. The van der Waals surface area contributed by atoms with Gasteiger partial charge >= 0.3 is 0 Å². The molecule has 2 heterocycles. The number of hydrogen-bond acceptors (Lipinski definition) is 5. The van der Waals surface area contributed by atoms with Gasteiger partial charge in [0.25, 0.3) is 5.95 Å². The highest BCUT2D eigenvalue weighted by Crippen LogP contribution is 2.64. The van der Waals surface area contributed by atoms with Gasteiger partial charge in [-0.25, -0.2) is 0 Å². The number of ether oxygens (including phenoxy) is 2. The van der Waals surface area contributed by atoms with Crippen molar-refractivity contribution in [2.24, 2.45) is 22.7 Å². The largest absolute Gasteiger partial charge is 0.468 e. The summed E-state index contributed by atoms with van der Waals surface area (Å²) in [6, 6.07) is 0. The first kappa shape index (κ1) is 21.6. The second kappa shape index (κ2) is 7.52. The molecule has 1 aromatic rings. The molecule has 1 saturated heterocycles. The van der Waals surface area contributed by atoms with Crippen molar-refractivity contribution in [1.29, 1.82) is 0 Å². The Morgan fingerprint density at radius 1 is 1.17 bits per heavy atom. The molecule has 166 valence electrons. The third kappa shape index (κ3) is 3.16. The average molecular weight is 417 g/mol. The number of fused-ring (bicyclic) bond motifs is 3. The van der Waals surface area contributed by atoms with Crippen molar-refractivity contribution in [1.82, 2.24) is 0 Å². The van der Waals surface area contributed by atoms with Crippen LogP contribution in [0.15, 0.2) is 21.4 Å². The van der Waals surface area contributed by atoms with E-state index in [-0.39, 0.29) is 28.3 Å². The number of aliphatic hydroxyl groups is 1. The van der Waals surface area contributed by atoms with Gasteiger partial charge in [0.1, 0.15) is 5.76 Å². The number of aryl methyl sites for hydroxylation is 1. The first-order valence-corrected chi connectivity index (χ1v) is 11.3. The van der Waals surface area contributed by atoms with Gasteiger partial charge in [0, 0.05) is 5.56 Å². The predicted molar refractivity (Wildman–Crippen MR) is 116 cm³/mol. The highest BCUT2D eigenvalue weighted by molar-refractivity contribution is 5.33. The number of rotatable bonds is 3. The highest BCUT2D eigenvalue weighted by atomic mass is 16.6. The summed E-state index contributed by atoms with van der Waals surface area (Å²) in [4.78, 5) is 13.1. The van der Waals surface area contributed by atoms with E-state index in [4.69, 9.17) is 13.9 Å². The predicted octanol–water partition coefficient (Wildman–Crippen LogP) is 4.69. The van der Waals surface area contributed by atoms with Crippen LogP contribution in [0.2, 0.25) is 0 Å². The minimum absolute atomic E-state index is 0.0261. The van der Waals surface area contributed by atoms with E-state index in [2.05, 4.69) is 20.4 Å². The van der Waals surface area contributed by atoms with Crippen LogP contribution in [0.4, 0.5) is 0 Å². The van der Waals surface area contributed by atoms with E-state index < -0.39 is 6.29 Å². The standard InChI is InChI=1S/C25H36O5/c1-14-7-8-19-24(4,11-9-20-25(19,5)12-10-21(26)30-20)18(14)13-17-22(27)15(2)16(3)29-23(17)28-6/h18-21,26H,1,7-13H2,2-6H3. The molecule has 1 aliphatic heterocycles. The normalized spacial score (nSPS) is 38.7. The molecule has 3 fully saturated rings. The van der Waals surface area contributed by atoms with Crippen molar-refractivity contribution in [3.8, 4) is 5.95 Å². The smallest absolute Gasteiger partial charge is 0.291 e. The van der Waals surface area contributed by atoms with Crippen LogP contribution in [0.1, 0.15) is 69.3 Å². The lowest BCUT2D eigenvalue weighted by Gasteiger charge is -2.62. The van der Waals surface area contributed by atoms with Gasteiger partial charge < -0.3 is 19.0 Å². The van der Waals surface area contributed by atoms with Gasteiger partial charge in [-0.1, -0.05) is 26.0 Å². The Hall–Kier alpha value is -1.59. The average Bonchev–Trinajstić information content (AvgIpc) is 2.70. The van der Waals surface area contributed by atoms with Crippen LogP contribution < -0.4 is 10.2 Å². The Morgan fingerprint density at radius 2 is 1.87 bits per heavy atom. The number of methoxy groups -OCH3 is 1. The van der Waals surface area contributed by atoms with E-state index in [1.54, 1.807) is 14.0 Å². The molecule has 6 unspecified atom stereocenters. The summed E-state index contributed by atoms with van der Waals surface area (Å²) in [7, 11) is 1.56. The van der Waals surface area contributed by atoms with Gasteiger partial charge in [0.05, 0.1) is 18.8 Å². The fourth-order valence-electron chi connectivity index (χ4n) is 6.90. The summed E-state index contributed by atoms with van der Waals surface area (Å²) in [5.41, 5.74) is 2.62. The number of hydrogen-bond donors (Lipinski definition) is 1. The van der Waals surface area contributed by atoms with Gasteiger partial charge in [-0.05, 0) is 81.5 Å². The molecule has 0 bridgehead atoms. The molecule has 5 nitrogen and oxygen atoms in total. The van der Waals surface area contributed by atoms with E-state index in [0.29, 0.717) is 41.6 Å².